The van der Waals surface area contributed by atoms with Crippen LogP contribution in [-0.4, -0.2) is 25.8 Å². The second kappa shape index (κ2) is 2.57. The second-order valence-electron chi connectivity index (χ2n) is 2.07. The van der Waals surface area contributed by atoms with E-state index in [2.05, 4.69) is 19.9 Å². The van der Waals surface area contributed by atoms with E-state index >= 15 is 0 Å². The highest BCUT2D eigenvalue weighted by Crippen LogP contribution is 1.96. The van der Waals surface area contributed by atoms with Gasteiger partial charge < -0.3 is 4.52 Å². The Hall–Kier alpha value is -1.98. The van der Waals surface area contributed by atoms with Gasteiger partial charge in [-0.15, -0.1) is 5.10 Å². The molecule has 0 aliphatic carbocycles. The summed E-state index contributed by atoms with van der Waals surface area (Å²) >= 11 is 0. The van der Waals surface area contributed by atoms with Gasteiger partial charge in [0.25, 0.3) is 5.91 Å². The fourth-order valence-corrected chi connectivity index (χ4v) is 0.769. The predicted octanol–water partition coefficient (Wildman–Crippen LogP) is -0.0454. The van der Waals surface area contributed by atoms with Crippen LogP contribution in [0.5, 0.6) is 0 Å². The van der Waals surface area contributed by atoms with Crippen LogP contribution in [0.3, 0.4) is 0 Å². The summed E-state index contributed by atoms with van der Waals surface area (Å²) in [5.41, 5.74) is 0.160. The molecule has 0 saturated carbocycles. The summed E-state index contributed by atoms with van der Waals surface area (Å²) in [5, 5.41) is 6.63. The van der Waals surface area contributed by atoms with Crippen molar-refractivity contribution in [2.75, 3.05) is 0 Å². The molecule has 6 nitrogen and oxygen atoms in total. The van der Waals surface area contributed by atoms with Crippen molar-refractivity contribution in [3.63, 3.8) is 0 Å². The first-order valence-corrected chi connectivity index (χ1v) is 3.17. The van der Waals surface area contributed by atoms with Crippen molar-refractivity contribution < 1.29 is 9.32 Å². The second-order valence-corrected chi connectivity index (χ2v) is 2.07. The zero-order valence-electron chi connectivity index (χ0n) is 5.91. The van der Waals surface area contributed by atoms with Crippen LogP contribution < -0.4 is 0 Å². The molecular formula is C6H4N4O2. The lowest BCUT2D eigenvalue weighted by Crippen LogP contribution is -2.09. The monoisotopic (exact) mass is 164 g/mol. The molecular weight excluding hydrogens is 160 g/mol. The van der Waals surface area contributed by atoms with Gasteiger partial charge in [-0.25, -0.2) is 4.98 Å². The third kappa shape index (κ3) is 0.986. The number of hydrogen-bond donors (Lipinski definition) is 0. The smallest absolute Gasteiger partial charge is 0.287 e. The van der Waals surface area contributed by atoms with E-state index in [1.165, 1.54) is 29.6 Å². The van der Waals surface area contributed by atoms with Crippen LogP contribution in [0.4, 0.5) is 0 Å². The third-order valence-electron chi connectivity index (χ3n) is 1.32. The molecule has 0 atom stereocenters. The van der Waals surface area contributed by atoms with Crippen LogP contribution in [-0.2, 0) is 0 Å². The molecule has 0 fully saturated rings. The van der Waals surface area contributed by atoms with Crippen LogP contribution in [0.25, 0.3) is 0 Å². The average molecular weight is 164 g/mol. The van der Waals surface area contributed by atoms with Crippen LogP contribution in [0.2, 0.25) is 0 Å². The third-order valence-corrected chi connectivity index (χ3v) is 1.32. The van der Waals surface area contributed by atoms with Gasteiger partial charge in [-0.2, -0.15) is 0 Å². The molecule has 0 unspecified atom stereocenters. The van der Waals surface area contributed by atoms with E-state index < -0.39 is 0 Å². The van der Waals surface area contributed by atoms with E-state index in [0.717, 1.165) is 0 Å². The Kier molecular flexibility index (Phi) is 1.44. The number of carbonyl (C=O) groups is 1. The summed E-state index contributed by atoms with van der Waals surface area (Å²) < 4.78 is 5.71. The first kappa shape index (κ1) is 6.71. The van der Waals surface area contributed by atoms with Crippen molar-refractivity contribution in [2.45, 2.75) is 0 Å². The number of carbonyl (C=O) groups excluding carboxylic acids is 1. The van der Waals surface area contributed by atoms with E-state index in [4.69, 9.17) is 0 Å². The molecule has 60 valence electrons. The minimum absolute atomic E-state index is 0.160. The fourth-order valence-electron chi connectivity index (χ4n) is 0.769. The molecule has 0 radical (unpaired) electrons. The summed E-state index contributed by atoms with van der Waals surface area (Å²) in [6, 6.07) is 0. The van der Waals surface area contributed by atoms with Crippen LogP contribution in [0.1, 0.15) is 10.5 Å². The quantitative estimate of drug-likeness (QED) is 0.590. The Morgan fingerprint density at radius 1 is 1.58 bits per heavy atom. The minimum Gasteiger partial charge on any atom is -0.345 e. The zero-order chi connectivity index (χ0) is 8.39. The average Bonchev–Trinajstić information content (AvgIpc) is 2.77. The zero-order valence-corrected chi connectivity index (χ0v) is 5.91. The van der Waals surface area contributed by atoms with Gasteiger partial charge in [0, 0.05) is 17.7 Å². The van der Waals surface area contributed by atoms with Crippen molar-refractivity contribution in [1.29, 1.82) is 0 Å². The van der Waals surface area contributed by atoms with Crippen LogP contribution >= 0.6 is 0 Å². The Morgan fingerprint density at radius 3 is 3.08 bits per heavy atom. The van der Waals surface area contributed by atoms with Gasteiger partial charge in [-0.3, -0.25) is 9.36 Å². The molecule has 12 heavy (non-hydrogen) atoms. The molecule has 2 heterocycles. The lowest BCUT2D eigenvalue weighted by Gasteiger charge is -1.92. The van der Waals surface area contributed by atoms with Crippen LogP contribution in [0.15, 0.2) is 29.5 Å². The van der Waals surface area contributed by atoms with Gasteiger partial charge in [-0.05, 0) is 0 Å². The Morgan fingerprint density at radius 2 is 2.50 bits per heavy atom. The molecule has 0 saturated heterocycles. The molecule has 0 amide bonds. The molecule has 2 aromatic heterocycles. The van der Waals surface area contributed by atoms with Gasteiger partial charge in [0.05, 0.1) is 0 Å². The Bertz CT molecular complexity index is 328. The van der Waals surface area contributed by atoms with E-state index in [0.29, 0.717) is 0 Å². The summed E-state index contributed by atoms with van der Waals surface area (Å²) in [4.78, 5) is 15.0. The van der Waals surface area contributed by atoms with Crippen molar-refractivity contribution in [3.8, 4) is 0 Å². The molecule has 2 aromatic rings. The largest absolute Gasteiger partial charge is 0.345 e. The first-order chi connectivity index (χ1) is 5.88. The van der Waals surface area contributed by atoms with Crippen molar-refractivity contribution in [1.82, 2.24) is 19.9 Å². The number of aromatic nitrogens is 4. The molecule has 0 aliphatic heterocycles. The lowest BCUT2D eigenvalue weighted by molar-refractivity contribution is 0.0954. The maximum Gasteiger partial charge on any atom is 0.287 e. The van der Waals surface area contributed by atoms with Crippen LogP contribution in [0, 0.1) is 0 Å². The van der Waals surface area contributed by atoms with Crippen molar-refractivity contribution in [3.05, 3.63) is 30.7 Å². The molecule has 0 N–H and O–H groups in total. The normalized spacial score (nSPS) is 10.0. The van der Waals surface area contributed by atoms with E-state index in [1.807, 2.05) is 0 Å². The molecule has 0 bridgehead atoms. The maximum atomic E-state index is 11.3. The van der Waals surface area contributed by atoms with Gasteiger partial charge in [0.1, 0.15) is 6.33 Å². The summed E-state index contributed by atoms with van der Waals surface area (Å²) in [7, 11) is 0. The first-order valence-electron chi connectivity index (χ1n) is 3.17. The van der Waals surface area contributed by atoms with E-state index in [9.17, 15) is 4.79 Å². The highest BCUT2D eigenvalue weighted by Gasteiger charge is 2.10. The lowest BCUT2D eigenvalue weighted by atomic mass is 10.4. The molecule has 0 aliphatic rings. The number of rotatable bonds is 1. The van der Waals surface area contributed by atoms with Crippen molar-refractivity contribution in [2.24, 2.45) is 0 Å². The van der Waals surface area contributed by atoms with Gasteiger partial charge in [-0.1, -0.05) is 0 Å². The van der Waals surface area contributed by atoms with Gasteiger partial charge in [0.15, 0.2) is 12.0 Å². The number of imidazole rings is 1. The highest BCUT2D eigenvalue weighted by atomic mass is 16.5. The topological polar surface area (TPSA) is 73.8 Å². The molecule has 0 aromatic carbocycles. The standard InChI is InChI=1S/C6H4N4O2/c11-6(5-3-12-9-8-5)10-2-1-7-4-10/h1-4H. The highest BCUT2D eigenvalue weighted by molar-refractivity contribution is 5.93. The molecule has 6 heteroatoms. The molecule has 2 rings (SSSR count). The van der Waals surface area contributed by atoms with Gasteiger partial charge in [0.2, 0.25) is 0 Å². The van der Waals surface area contributed by atoms with E-state index in [1.54, 1.807) is 0 Å². The van der Waals surface area contributed by atoms with E-state index in [-0.39, 0.29) is 11.6 Å². The number of nitrogens with zero attached hydrogens (tertiary/aromatic N) is 4. The fraction of sp³-hybridized carbons (Fsp3) is 0. The number of hydrogen-bond acceptors (Lipinski definition) is 5. The Labute approximate surface area is 66.8 Å². The predicted molar refractivity (Wildman–Crippen MR) is 36.3 cm³/mol. The minimum atomic E-state index is -0.311. The Balaban J connectivity index is 2.34. The maximum absolute atomic E-state index is 11.3. The SMILES string of the molecule is O=C(c1conn1)n1ccnc1. The van der Waals surface area contributed by atoms with Gasteiger partial charge >= 0.3 is 0 Å². The van der Waals surface area contributed by atoms with Crippen molar-refractivity contribution >= 4 is 5.91 Å². The summed E-state index contributed by atoms with van der Waals surface area (Å²) in [6.45, 7) is 0. The molecule has 0 spiro atoms. The summed E-state index contributed by atoms with van der Waals surface area (Å²) in [6.07, 6.45) is 5.60. The summed E-state index contributed by atoms with van der Waals surface area (Å²) in [5.74, 6) is -0.311.